The van der Waals surface area contributed by atoms with E-state index in [9.17, 15) is 9.59 Å². The predicted molar refractivity (Wildman–Crippen MR) is 133 cm³/mol. The molecule has 2 aliphatic heterocycles. The third-order valence-corrected chi connectivity index (χ3v) is 6.62. The standard InChI is InChI=1S/C27H29N5O3/c33-26(21-12-16-32(19-21)25-7-4-15-28-30-25)29-22-8-10-23(11-9-22)35-24-13-17-31(18-14-24)27(34)20-5-2-1-3-6-20/h1-11,15,21,24H,12-14,16-19H2,(H,29,33). The lowest BCUT2D eigenvalue weighted by Crippen LogP contribution is -2.41. The van der Waals surface area contributed by atoms with Crippen molar-refractivity contribution < 1.29 is 14.3 Å². The normalized spacial score (nSPS) is 18.3. The zero-order chi connectivity index (χ0) is 24.0. The second-order valence-corrected chi connectivity index (χ2v) is 9.00. The maximum absolute atomic E-state index is 12.7. The van der Waals surface area contributed by atoms with Gasteiger partial charge in [-0.1, -0.05) is 18.2 Å². The molecule has 1 atom stereocenters. The first-order valence-electron chi connectivity index (χ1n) is 12.1. The third kappa shape index (κ3) is 5.59. The molecule has 0 aliphatic carbocycles. The van der Waals surface area contributed by atoms with E-state index < -0.39 is 0 Å². The molecule has 3 heterocycles. The molecule has 2 aliphatic rings. The number of benzene rings is 2. The molecule has 0 bridgehead atoms. The highest BCUT2D eigenvalue weighted by molar-refractivity contribution is 5.94. The monoisotopic (exact) mass is 471 g/mol. The van der Waals surface area contributed by atoms with Crippen LogP contribution >= 0.6 is 0 Å². The Labute approximate surface area is 204 Å². The summed E-state index contributed by atoms with van der Waals surface area (Å²) in [6, 6.07) is 20.7. The van der Waals surface area contributed by atoms with Gasteiger partial charge in [-0.05, 0) is 55.0 Å². The van der Waals surface area contributed by atoms with Gasteiger partial charge in [0.1, 0.15) is 11.9 Å². The quantitative estimate of drug-likeness (QED) is 0.591. The highest BCUT2D eigenvalue weighted by Gasteiger charge is 2.29. The van der Waals surface area contributed by atoms with E-state index in [0.29, 0.717) is 19.6 Å². The Bertz CT molecular complexity index is 1130. The number of carbonyl (C=O) groups excluding carboxylic acids is 2. The van der Waals surface area contributed by atoms with Gasteiger partial charge in [0, 0.05) is 56.5 Å². The van der Waals surface area contributed by atoms with Gasteiger partial charge < -0.3 is 19.9 Å². The number of piperidine rings is 1. The Morgan fingerprint density at radius 2 is 1.66 bits per heavy atom. The maximum atomic E-state index is 12.7. The molecule has 1 aromatic heterocycles. The van der Waals surface area contributed by atoms with E-state index in [-0.39, 0.29) is 23.8 Å². The summed E-state index contributed by atoms with van der Waals surface area (Å²) in [6.07, 6.45) is 4.09. The molecule has 8 heteroatoms. The van der Waals surface area contributed by atoms with Gasteiger partial charge in [0.2, 0.25) is 5.91 Å². The Morgan fingerprint density at radius 3 is 2.37 bits per heavy atom. The van der Waals surface area contributed by atoms with Crippen LogP contribution < -0.4 is 15.0 Å². The van der Waals surface area contributed by atoms with Gasteiger partial charge in [0.05, 0.1) is 5.92 Å². The fraction of sp³-hybridized carbons (Fsp3) is 0.333. The van der Waals surface area contributed by atoms with Gasteiger partial charge in [0.25, 0.3) is 5.91 Å². The van der Waals surface area contributed by atoms with E-state index in [1.165, 1.54) is 0 Å². The molecule has 0 saturated carbocycles. The summed E-state index contributed by atoms with van der Waals surface area (Å²) in [5, 5.41) is 11.1. The Hall–Kier alpha value is -3.94. The Balaban J connectivity index is 1.08. The SMILES string of the molecule is O=C(Nc1ccc(OC2CCN(C(=O)c3ccccc3)CC2)cc1)C1CCN(c2cccnn2)C1. The number of ether oxygens (including phenoxy) is 1. The smallest absolute Gasteiger partial charge is 0.253 e. The number of amides is 2. The molecule has 2 amide bonds. The fourth-order valence-electron chi connectivity index (χ4n) is 4.64. The van der Waals surface area contributed by atoms with Gasteiger partial charge in [0.15, 0.2) is 5.82 Å². The van der Waals surface area contributed by atoms with Crippen molar-refractivity contribution in [2.75, 3.05) is 36.4 Å². The number of hydrogen-bond acceptors (Lipinski definition) is 6. The minimum Gasteiger partial charge on any atom is -0.490 e. The molecule has 2 fully saturated rings. The minimum absolute atomic E-state index is 0.0144. The molecular formula is C27H29N5O3. The van der Waals surface area contributed by atoms with Crippen molar-refractivity contribution in [1.82, 2.24) is 15.1 Å². The van der Waals surface area contributed by atoms with Crippen LogP contribution in [0.5, 0.6) is 5.75 Å². The van der Waals surface area contributed by atoms with Crippen LogP contribution in [0.4, 0.5) is 11.5 Å². The molecule has 0 spiro atoms. The zero-order valence-corrected chi connectivity index (χ0v) is 19.5. The topological polar surface area (TPSA) is 87.7 Å². The fourth-order valence-corrected chi connectivity index (χ4v) is 4.64. The minimum atomic E-state index is -0.0864. The zero-order valence-electron chi connectivity index (χ0n) is 19.5. The van der Waals surface area contributed by atoms with Gasteiger partial charge in [-0.15, -0.1) is 5.10 Å². The van der Waals surface area contributed by atoms with E-state index in [0.717, 1.165) is 48.6 Å². The first-order valence-corrected chi connectivity index (χ1v) is 12.1. The van der Waals surface area contributed by atoms with E-state index >= 15 is 0 Å². The molecule has 2 aromatic carbocycles. The molecule has 35 heavy (non-hydrogen) atoms. The molecule has 8 nitrogen and oxygen atoms in total. The second kappa shape index (κ2) is 10.5. The van der Waals surface area contributed by atoms with Crippen molar-refractivity contribution in [3.8, 4) is 5.75 Å². The number of aromatic nitrogens is 2. The highest BCUT2D eigenvalue weighted by Crippen LogP contribution is 2.25. The van der Waals surface area contributed by atoms with Crippen molar-refractivity contribution in [3.05, 3.63) is 78.5 Å². The summed E-state index contributed by atoms with van der Waals surface area (Å²) in [7, 11) is 0. The lowest BCUT2D eigenvalue weighted by atomic mass is 10.1. The Morgan fingerprint density at radius 1 is 0.886 bits per heavy atom. The third-order valence-electron chi connectivity index (χ3n) is 6.62. The van der Waals surface area contributed by atoms with Gasteiger partial charge in [-0.2, -0.15) is 5.10 Å². The molecular weight excluding hydrogens is 442 g/mol. The van der Waals surface area contributed by atoms with E-state index in [1.54, 1.807) is 6.20 Å². The Kier molecular flexibility index (Phi) is 6.88. The van der Waals surface area contributed by atoms with Gasteiger partial charge in [-0.25, -0.2) is 0 Å². The van der Waals surface area contributed by atoms with Crippen molar-refractivity contribution >= 4 is 23.3 Å². The molecule has 2 saturated heterocycles. The second-order valence-electron chi connectivity index (χ2n) is 9.00. The van der Waals surface area contributed by atoms with Crippen molar-refractivity contribution in [2.45, 2.75) is 25.4 Å². The number of hydrogen-bond donors (Lipinski definition) is 1. The number of carbonyl (C=O) groups is 2. The summed E-state index contributed by atoms with van der Waals surface area (Å²) in [4.78, 5) is 29.3. The summed E-state index contributed by atoms with van der Waals surface area (Å²) >= 11 is 0. The molecule has 5 rings (SSSR count). The van der Waals surface area contributed by atoms with Crippen LogP contribution in [0.15, 0.2) is 72.9 Å². The average Bonchev–Trinajstić information content (AvgIpc) is 3.42. The van der Waals surface area contributed by atoms with Crippen LogP contribution in [0.25, 0.3) is 0 Å². The van der Waals surface area contributed by atoms with Crippen LogP contribution in [0.3, 0.4) is 0 Å². The summed E-state index contributed by atoms with van der Waals surface area (Å²) < 4.78 is 6.14. The van der Waals surface area contributed by atoms with Crippen LogP contribution in [0.1, 0.15) is 29.6 Å². The molecule has 1 N–H and O–H groups in total. The lowest BCUT2D eigenvalue weighted by Gasteiger charge is -2.32. The highest BCUT2D eigenvalue weighted by atomic mass is 16.5. The summed E-state index contributed by atoms with van der Waals surface area (Å²) in [6.45, 7) is 2.79. The number of rotatable bonds is 6. The molecule has 180 valence electrons. The van der Waals surface area contributed by atoms with Crippen molar-refractivity contribution in [3.63, 3.8) is 0 Å². The van der Waals surface area contributed by atoms with Gasteiger partial charge in [-0.3, -0.25) is 9.59 Å². The van der Waals surface area contributed by atoms with Crippen LogP contribution in [0, 0.1) is 5.92 Å². The average molecular weight is 472 g/mol. The van der Waals surface area contributed by atoms with Crippen LogP contribution in [-0.4, -0.2) is 59.2 Å². The van der Waals surface area contributed by atoms with Crippen LogP contribution in [0.2, 0.25) is 0 Å². The van der Waals surface area contributed by atoms with E-state index in [1.807, 2.05) is 71.6 Å². The van der Waals surface area contributed by atoms with Crippen molar-refractivity contribution in [2.24, 2.45) is 5.92 Å². The number of nitrogens with zero attached hydrogens (tertiary/aromatic N) is 4. The molecule has 1 unspecified atom stereocenters. The van der Waals surface area contributed by atoms with Crippen molar-refractivity contribution in [1.29, 1.82) is 0 Å². The van der Waals surface area contributed by atoms with Crippen LogP contribution in [-0.2, 0) is 4.79 Å². The summed E-state index contributed by atoms with van der Waals surface area (Å²) in [5.74, 6) is 1.58. The van der Waals surface area contributed by atoms with E-state index in [2.05, 4.69) is 20.4 Å². The number of nitrogens with one attached hydrogen (secondary N) is 1. The lowest BCUT2D eigenvalue weighted by molar-refractivity contribution is -0.119. The first kappa shape index (κ1) is 22.8. The molecule has 3 aromatic rings. The first-order chi connectivity index (χ1) is 17.2. The number of likely N-dealkylation sites (tertiary alicyclic amines) is 1. The number of anilines is 2. The predicted octanol–water partition coefficient (Wildman–Crippen LogP) is 3.63. The van der Waals surface area contributed by atoms with Gasteiger partial charge >= 0.3 is 0 Å². The maximum Gasteiger partial charge on any atom is 0.253 e. The summed E-state index contributed by atoms with van der Waals surface area (Å²) in [5.41, 5.74) is 1.48. The van der Waals surface area contributed by atoms with E-state index in [4.69, 9.17) is 4.74 Å². The largest absolute Gasteiger partial charge is 0.490 e. The molecule has 0 radical (unpaired) electrons.